The quantitative estimate of drug-likeness (QED) is 0.731. The monoisotopic (exact) mass is 211 g/mol. The van der Waals surface area contributed by atoms with Crippen LogP contribution < -0.4 is 0 Å². The van der Waals surface area contributed by atoms with E-state index in [1.807, 2.05) is 49.4 Å². The van der Waals surface area contributed by atoms with E-state index in [-0.39, 0.29) is 5.78 Å². The van der Waals surface area contributed by atoms with Gasteiger partial charge in [0, 0.05) is 17.5 Å². The average molecular weight is 211 g/mol. The molecular formula is C14H13NO. The maximum absolute atomic E-state index is 11.9. The molecule has 0 atom stereocenters. The van der Waals surface area contributed by atoms with E-state index in [0.717, 1.165) is 16.8 Å². The van der Waals surface area contributed by atoms with Gasteiger partial charge in [-0.3, -0.25) is 9.78 Å². The van der Waals surface area contributed by atoms with Gasteiger partial charge in [0.2, 0.25) is 0 Å². The molecule has 0 N–H and O–H groups in total. The number of carbonyl (C=O) groups is 1. The lowest BCUT2D eigenvalue weighted by molar-refractivity contribution is 0.0992. The number of hydrogen-bond donors (Lipinski definition) is 0. The van der Waals surface area contributed by atoms with Crippen LogP contribution in [0.15, 0.2) is 48.7 Å². The normalized spacial score (nSPS) is 10.1. The first kappa shape index (κ1) is 10.6. The minimum atomic E-state index is 0.113. The molecule has 0 bridgehead atoms. The minimum Gasteiger partial charge on any atom is -0.294 e. The lowest BCUT2D eigenvalue weighted by Gasteiger charge is -2.01. The molecule has 2 nitrogen and oxygen atoms in total. The number of ketones is 1. The van der Waals surface area contributed by atoms with Crippen LogP contribution in [0.3, 0.4) is 0 Å². The van der Waals surface area contributed by atoms with Crippen molar-refractivity contribution >= 4 is 5.78 Å². The highest BCUT2D eigenvalue weighted by Gasteiger charge is 2.07. The molecule has 0 aliphatic rings. The number of carbonyl (C=O) groups excluding carboxylic acids is 1. The number of pyridine rings is 1. The van der Waals surface area contributed by atoms with Gasteiger partial charge in [0.15, 0.2) is 5.78 Å². The van der Waals surface area contributed by atoms with Crippen molar-refractivity contribution in [3.63, 3.8) is 0 Å². The van der Waals surface area contributed by atoms with Gasteiger partial charge in [0.05, 0.1) is 6.42 Å². The van der Waals surface area contributed by atoms with Gasteiger partial charge < -0.3 is 0 Å². The molecule has 2 aromatic rings. The van der Waals surface area contributed by atoms with Crippen LogP contribution in [-0.2, 0) is 6.42 Å². The fourth-order valence-corrected chi connectivity index (χ4v) is 1.59. The number of nitrogens with zero attached hydrogens (tertiary/aromatic N) is 1. The third kappa shape index (κ3) is 2.54. The van der Waals surface area contributed by atoms with E-state index in [2.05, 4.69) is 4.98 Å². The van der Waals surface area contributed by atoms with E-state index in [1.165, 1.54) is 0 Å². The molecule has 1 heterocycles. The van der Waals surface area contributed by atoms with E-state index in [1.54, 1.807) is 6.20 Å². The summed E-state index contributed by atoms with van der Waals surface area (Å²) in [4.78, 5) is 16.1. The van der Waals surface area contributed by atoms with Gasteiger partial charge in [-0.05, 0) is 25.1 Å². The summed E-state index contributed by atoms with van der Waals surface area (Å²) < 4.78 is 0. The average Bonchev–Trinajstić information content (AvgIpc) is 2.30. The standard InChI is InChI=1S/C14H13NO/c1-11-5-4-6-12(9-11)14(16)10-13-7-2-3-8-15-13/h2-9H,10H2,1H3. The molecule has 0 fully saturated rings. The maximum atomic E-state index is 11.9. The van der Waals surface area contributed by atoms with Crippen LogP contribution in [0.2, 0.25) is 0 Å². The number of rotatable bonds is 3. The predicted octanol–water partition coefficient (Wildman–Crippen LogP) is 2.82. The summed E-state index contributed by atoms with van der Waals surface area (Å²) in [5.74, 6) is 0.113. The highest BCUT2D eigenvalue weighted by molar-refractivity contribution is 5.97. The first-order valence-electron chi connectivity index (χ1n) is 5.25. The Hall–Kier alpha value is -1.96. The highest BCUT2D eigenvalue weighted by atomic mass is 16.1. The van der Waals surface area contributed by atoms with E-state index >= 15 is 0 Å². The Kier molecular flexibility index (Phi) is 3.10. The Morgan fingerprint density at radius 3 is 2.75 bits per heavy atom. The molecule has 0 aliphatic carbocycles. The zero-order chi connectivity index (χ0) is 11.4. The molecule has 0 saturated heterocycles. The van der Waals surface area contributed by atoms with Crippen LogP contribution in [0.25, 0.3) is 0 Å². The Morgan fingerprint density at radius 1 is 1.19 bits per heavy atom. The van der Waals surface area contributed by atoms with Crippen molar-refractivity contribution < 1.29 is 4.79 Å². The molecule has 1 aromatic heterocycles. The van der Waals surface area contributed by atoms with Crippen LogP contribution in [-0.4, -0.2) is 10.8 Å². The second-order valence-corrected chi connectivity index (χ2v) is 3.79. The van der Waals surface area contributed by atoms with E-state index in [4.69, 9.17) is 0 Å². The summed E-state index contributed by atoms with van der Waals surface area (Å²) in [6.45, 7) is 1.98. The van der Waals surface area contributed by atoms with Crippen molar-refractivity contribution in [2.45, 2.75) is 13.3 Å². The van der Waals surface area contributed by atoms with E-state index in [0.29, 0.717) is 6.42 Å². The molecule has 80 valence electrons. The largest absolute Gasteiger partial charge is 0.294 e. The molecule has 0 aliphatic heterocycles. The van der Waals surface area contributed by atoms with Gasteiger partial charge in [-0.25, -0.2) is 0 Å². The molecule has 0 unspecified atom stereocenters. The summed E-state index contributed by atoms with van der Waals surface area (Å²) >= 11 is 0. The number of Topliss-reactive ketones (excluding diaryl/α,β-unsaturated/α-hetero) is 1. The molecule has 2 rings (SSSR count). The van der Waals surface area contributed by atoms with Crippen molar-refractivity contribution in [2.75, 3.05) is 0 Å². The fourth-order valence-electron chi connectivity index (χ4n) is 1.59. The van der Waals surface area contributed by atoms with Crippen LogP contribution in [0.1, 0.15) is 21.6 Å². The van der Waals surface area contributed by atoms with Crippen molar-refractivity contribution in [3.05, 3.63) is 65.5 Å². The number of aromatic nitrogens is 1. The maximum Gasteiger partial charge on any atom is 0.168 e. The van der Waals surface area contributed by atoms with Crippen molar-refractivity contribution in [1.29, 1.82) is 0 Å². The van der Waals surface area contributed by atoms with Crippen LogP contribution in [0, 0.1) is 6.92 Å². The van der Waals surface area contributed by atoms with Gasteiger partial charge in [-0.15, -0.1) is 0 Å². The first-order chi connectivity index (χ1) is 7.75. The molecule has 16 heavy (non-hydrogen) atoms. The first-order valence-corrected chi connectivity index (χ1v) is 5.25. The number of hydrogen-bond acceptors (Lipinski definition) is 2. The summed E-state index contributed by atoms with van der Waals surface area (Å²) in [6.07, 6.45) is 2.07. The van der Waals surface area contributed by atoms with E-state index in [9.17, 15) is 4.79 Å². The molecule has 0 radical (unpaired) electrons. The molecular weight excluding hydrogens is 198 g/mol. The lowest BCUT2D eigenvalue weighted by atomic mass is 10.0. The van der Waals surface area contributed by atoms with Gasteiger partial charge in [-0.1, -0.05) is 29.8 Å². The summed E-state index contributed by atoms with van der Waals surface area (Å²) in [7, 11) is 0. The molecule has 1 aromatic carbocycles. The molecule has 0 saturated carbocycles. The predicted molar refractivity (Wildman–Crippen MR) is 63.5 cm³/mol. The molecule has 2 heteroatoms. The van der Waals surface area contributed by atoms with Gasteiger partial charge >= 0.3 is 0 Å². The van der Waals surface area contributed by atoms with Crippen LogP contribution >= 0.6 is 0 Å². The summed E-state index contributed by atoms with van der Waals surface area (Å²) in [6, 6.07) is 13.3. The Balaban J connectivity index is 2.15. The molecule has 0 spiro atoms. The smallest absolute Gasteiger partial charge is 0.168 e. The second-order valence-electron chi connectivity index (χ2n) is 3.79. The third-order valence-electron chi connectivity index (χ3n) is 2.41. The Labute approximate surface area is 95.0 Å². The number of aryl methyl sites for hydroxylation is 1. The van der Waals surface area contributed by atoms with E-state index < -0.39 is 0 Å². The minimum absolute atomic E-state index is 0.113. The third-order valence-corrected chi connectivity index (χ3v) is 2.41. The SMILES string of the molecule is Cc1cccc(C(=O)Cc2ccccn2)c1. The zero-order valence-electron chi connectivity index (χ0n) is 9.18. The Morgan fingerprint density at radius 2 is 2.06 bits per heavy atom. The van der Waals surface area contributed by atoms with Crippen LogP contribution in [0.4, 0.5) is 0 Å². The summed E-state index contributed by atoms with van der Waals surface area (Å²) in [5, 5.41) is 0. The Bertz CT molecular complexity index is 491. The van der Waals surface area contributed by atoms with Gasteiger partial charge in [0.1, 0.15) is 0 Å². The second kappa shape index (κ2) is 4.71. The fraction of sp³-hybridized carbons (Fsp3) is 0.143. The highest BCUT2D eigenvalue weighted by Crippen LogP contribution is 2.08. The van der Waals surface area contributed by atoms with Crippen molar-refractivity contribution in [2.24, 2.45) is 0 Å². The van der Waals surface area contributed by atoms with Crippen LogP contribution in [0.5, 0.6) is 0 Å². The molecule has 0 amide bonds. The van der Waals surface area contributed by atoms with Gasteiger partial charge in [0.25, 0.3) is 0 Å². The topological polar surface area (TPSA) is 30.0 Å². The summed E-state index contributed by atoms with van der Waals surface area (Å²) in [5.41, 5.74) is 2.67. The zero-order valence-corrected chi connectivity index (χ0v) is 9.18. The lowest BCUT2D eigenvalue weighted by Crippen LogP contribution is -2.04. The number of benzene rings is 1. The van der Waals surface area contributed by atoms with Crippen molar-refractivity contribution in [1.82, 2.24) is 4.98 Å². The van der Waals surface area contributed by atoms with Gasteiger partial charge in [-0.2, -0.15) is 0 Å². The van der Waals surface area contributed by atoms with Crippen molar-refractivity contribution in [3.8, 4) is 0 Å².